The third-order valence-electron chi connectivity index (χ3n) is 6.60. The summed E-state index contributed by atoms with van der Waals surface area (Å²) in [7, 11) is 0. The average Bonchev–Trinajstić information content (AvgIpc) is 3.16. The molecule has 0 radical (unpaired) electrons. The Kier molecular flexibility index (Phi) is 8.97. The van der Waals surface area contributed by atoms with Crippen molar-refractivity contribution in [1.29, 1.82) is 0 Å². The maximum atomic E-state index is 13.1. The van der Waals surface area contributed by atoms with Crippen LogP contribution in [0, 0.1) is 5.92 Å². The van der Waals surface area contributed by atoms with Gasteiger partial charge < -0.3 is 40.7 Å². The molecule has 0 bridgehead atoms. The Labute approximate surface area is 233 Å². The van der Waals surface area contributed by atoms with Gasteiger partial charge in [-0.15, -0.1) is 0 Å². The number of hydrogen-bond donors (Lipinski definition) is 7. The highest BCUT2D eigenvalue weighted by atomic mass is 16.5. The molecular weight excluding hydrogens is 536 g/mol. The van der Waals surface area contributed by atoms with Crippen molar-refractivity contribution in [2.45, 2.75) is 25.2 Å². The number of amides is 1. The van der Waals surface area contributed by atoms with E-state index in [1.165, 1.54) is 42.6 Å². The van der Waals surface area contributed by atoms with Crippen molar-refractivity contribution in [2.75, 3.05) is 13.1 Å². The van der Waals surface area contributed by atoms with Crippen molar-refractivity contribution in [3.05, 3.63) is 82.4 Å². The summed E-state index contributed by atoms with van der Waals surface area (Å²) in [6.07, 6.45) is -0.369. The molecule has 0 spiro atoms. The predicted octanol–water partition coefficient (Wildman–Crippen LogP) is 2.16. The van der Waals surface area contributed by atoms with E-state index >= 15 is 0 Å². The van der Waals surface area contributed by atoms with Gasteiger partial charge in [0, 0.05) is 29.8 Å². The summed E-state index contributed by atoms with van der Waals surface area (Å²) >= 11 is 0. The number of aromatic hydroxyl groups is 4. The number of carbonyl (C=O) groups is 3. The molecule has 1 aliphatic rings. The summed E-state index contributed by atoms with van der Waals surface area (Å²) in [5.41, 5.74) is -1.57. The number of aliphatic hydroxyl groups excluding tert-OH is 1. The second kappa shape index (κ2) is 12.6. The minimum absolute atomic E-state index is 0.00636. The number of phenols is 4. The first-order valence-corrected chi connectivity index (χ1v) is 12.6. The van der Waals surface area contributed by atoms with Crippen LogP contribution in [0.4, 0.5) is 0 Å². The van der Waals surface area contributed by atoms with Crippen molar-refractivity contribution in [3.63, 3.8) is 0 Å². The summed E-state index contributed by atoms with van der Waals surface area (Å²) in [6, 6.07) is 11.0. The van der Waals surface area contributed by atoms with Crippen molar-refractivity contribution < 1.29 is 49.8 Å². The van der Waals surface area contributed by atoms with Crippen LogP contribution >= 0.6 is 0 Å². The topological polar surface area (TPSA) is 206 Å². The van der Waals surface area contributed by atoms with Gasteiger partial charge in [-0.1, -0.05) is 12.1 Å². The van der Waals surface area contributed by atoms with Gasteiger partial charge in [-0.2, -0.15) is 0 Å². The maximum Gasteiger partial charge on any atom is 0.338 e. The number of aliphatic hydroxyl groups is 2. The van der Waals surface area contributed by atoms with Crippen LogP contribution in [0.3, 0.4) is 0 Å². The first kappa shape index (κ1) is 29.2. The minimum Gasteiger partial charge on any atom is -0.508 e. The molecule has 1 aliphatic heterocycles. The zero-order valence-corrected chi connectivity index (χ0v) is 21.6. The Morgan fingerprint density at radius 1 is 0.902 bits per heavy atom. The fraction of sp³-hybridized carbons (Fsp3) is 0.241. The van der Waals surface area contributed by atoms with E-state index in [2.05, 4.69) is 10.3 Å². The van der Waals surface area contributed by atoms with Crippen LogP contribution in [0.15, 0.2) is 59.6 Å². The molecule has 3 aromatic carbocycles. The van der Waals surface area contributed by atoms with E-state index in [-0.39, 0.29) is 22.4 Å². The molecule has 7 N–H and O–H groups in total. The lowest BCUT2D eigenvalue weighted by molar-refractivity contribution is -0.0430. The fourth-order valence-electron chi connectivity index (χ4n) is 4.49. The molecule has 12 nitrogen and oxygen atoms in total. The number of phenolic OH excluding ortho intramolecular Hbond substituents is 4. The maximum absolute atomic E-state index is 13.1. The number of esters is 1. The summed E-state index contributed by atoms with van der Waals surface area (Å²) < 4.78 is 5.66. The highest BCUT2D eigenvalue weighted by Gasteiger charge is 2.30. The predicted molar refractivity (Wildman–Crippen MR) is 144 cm³/mol. The largest absolute Gasteiger partial charge is 0.508 e. The van der Waals surface area contributed by atoms with Crippen LogP contribution in [0.25, 0.3) is 0 Å². The van der Waals surface area contributed by atoms with Crippen LogP contribution in [0.1, 0.15) is 61.3 Å². The van der Waals surface area contributed by atoms with Gasteiger partial charge in [0.15, 0.2) is 6.29 Å². The summed E-state index contributed by atoms with van der Waals surface area (Å²) in [5, 5.41) is 63.0. The van der Waals surface area contributed by atoms with Crippen molar-refractivity contribution >= 4 is 23.9 Å². The van der Waals surface area contributed by atoms with Gasteiger partial charge in [-0.05, 0) is 61.9 Å². The summed E-state index contributed by atoms with van der Waals surface area (Å²) in [6.45, 7) is 0.993. The van der Waals surface area contributed by atoms with Crippen LogP contribution in [-0.4, -0.2) is 73.7 Å². The third kappa shape index (κ3) is 6.69. The van der Waals surface area contributed by atoms with E-state index in [4.69, 9.17) is 4.74 Å². The van der Waals surface area contributed by atoms with Crippen LogP contribution in [0.5, 0.6) is 23.0 Å². The molecule has 0 saturated carbocycles. The molecule has 0 aliphatic carbocycles. The highest BCUT2D eigenvalue weighted by molar-refractivity contribution is 6.15. The van der Waals surface area contributed by atoms with E-state index in [0.717, 1.165) is 18.2 Å². The van der Waals surface area contributed by atoms with E-state index in [1.807, 2.05) is 0 Å². The van der Waals surface area contributed by atoms with Crippen LogP contribution in [-0.2, 0) is 4.74 Å². The number of rotatable bonds is 7. The Bertz CT molecular complexity index is 1460. The number of hydrogen-bond acceptors (Lipinski definition) is 11. The first-order valence-electron chi connectivity index (χ1n) is 12.6. The first-order chi connectivity index (χ1) is 19.6. The molecule has 2 atom stereocenters. The fourth-order valence-corrected chi connectivity index (χ4v) is 4.49. The lowest BCUT2D eigenvalue weighted by atomic mass is 9.94. The number of nitrogens with zero attached hydrogens (tertiary/aromatic N) is 1. The normalized spacial score (nSPS) is 17.3. The number of aliphatic imine (C=N–C) groups is 1. The lowest BCUT2D eigenvalue weighted by Gasteiger charge is -2.22. The zero-order chi connectivity index (χ0) is 29.7. The second-order valence-corrected chi connectivity index (χ2v) is 9.42. The van der Waals surface area contributed by atoms with Crippen LogP contribution in [0.2, 0.25) is 0 Å². The number of nitrogens with one attached hydrogen (secondary N) is 1. The van der Waals surface area contributed by atoms with Crippen molar-refractivity contribution in [1.82, 2.24) is 5.32 Å². The van der Waals surface area contributed by atoms with Gasteiger partial charge in [0.05, 0.1) is 11.1 Å². The lowest BCUT2D eigenvalue weighted by Crippen LogP contribution is -2.33. The van der Waals surface area contributed by atoms with Gasteiger partial charge in [-0.3, -0.25) is 9.59 Å². The molecule has 1 saturated heterocycles. The van der Waals surface area contributed by atoms with E-state index in [9.17, 15) is 45.0 Å². The monoisotopic (exact) mass is 564 g/mol. The standard InChI is InChI=1S/C29H28N2O10/c32-18-8-6-15(7-9-18)27(37)31-14-17-13-30-10-2-5-23(17)41-29(40)16-11-21(34)25(22(35)12-16)26(36)24-19(28(38)39)3-1-4-20(24)33/h1,3-4,6-9,11-12,14,17,23,28,30,32-35,38-39H,2,5,10,13H2/t17?,23-/m1/s1. The Hall–Kier alpha value is -4.78. The van der Waals surface area contributed by atoms with E-state index in [1.54, 1.807) is 0 Å². The smallest absolute Gasteiger partial charge is 0.338 e. The molecule has 12 heteroatoms. The SMILES string of the molecule is O=C(N=CC1CNCCC[C@H]1OC(=O)c1cc(O)c(C(=O)c2c(O)cccc2C(O)O)c(O)c1)c1ccc(O)cc1. The number of carbonyl (C=O) groups excluding carboxylic acids is 3. The highest BCUT2D eigenvalue weighted by Crippen LogP contribution is 2.36. The number of benzene rings is 3. The molecule has 1 amide bonds. The molecule has 214 valence electrons. The average molecular weight is 565 g/mol. The Morgan fingerprint density at radius 3 is 2.24 bits per heavy atom. The van der Waals surface area contributed by atoms with Gasteiger partial charge in [0.25, 0.3) is 5.91 Å². The Balaban J connectivity index is 1.55. The Morgan fingerprint density at radius 2 is 1.59 bits per heavy atom. The third-order valence-corrected chi connectivity index (χ3v) is 6.60. The molecule has 1 unspecified atom stereocenters. The summed E-state index contributed by atoms with van der Waals surface area (Å²) in [4.78, 5) is 42.5. The minimum atomic E-state index is -2.12. The summed E-state index contributed by atoms with van der Waals surface area (Å²) in [5.74, 6) is -5.27. The molecule has 41 heavy (non-hydrogen) atoms. The van der Waals surface area contributed by atoms with Gasteiger partial charge in [-0.25, -0.2) is 9.79 Å². The molecule has 4 rings (SSSR count). The second-order valence-electron chi connectivity index (χ2n) is 9.42. The van der Waals surface area contributed by atoms with Crippen molar-refractivity contribution in [2.24, 2.45) is 10.9 Å². The van der Waals surface area contributed by atoms with Gasteiger partial charge in [0.1, 0.15) is 34.7 Å². The van der Waals surface area contributed by atoms with Crippen molar-refractivity contribution in [3.8, 4) is 23.0 Å². The number of ketones is 1. The quantitative estimate of drug-likeness (QED) is 0.0958. The van der Waals surface area contributed by atoms with Crippen LogP contribution < -0.4 is 5.32 Å². The molecule has 1 fully saturated rings. The van der Waals surface area contributed by atoms with Gasteiger partial charge in [0.2, 0.25) is 5.78 Å². The molecule has 1 heterocycles. The molecule has 0 aromatic heterocycles. The molecular formula is C29H28N2O10. The van der Waals surface area contributed by atoms with Gasteiger partial charge >= 0.3 is 5.97 Å². The molecule has 3 aromatic rings. The zero-order valence-electron chi connectivity index (χ0n) is 21.6. The van der Waals surface area contributed by atoms with E-state index < -0.39 is 64.3 Å². The van der Waals surface area contributed by atoms with E-state index in [0.29, 0.717) is 25.9 Å². The number of ether oxygens (including phenoxy) is 1.